The van der Waals surface area contributed by atoms with Crippen molar-refractivity contribution in [3.8, 4) is 16.9 Å². The molecule has 0 bridgehead atoms. The molecule has 2 unspecified atom stereocenters. The first-order chi connectivity index (χ1) is 16.4. The standard InChI is InChI=1S/C27H25F3N2O2/c28-27(29,30)34-22-8-4-7-21(13-22)26(33)31-14-23-24-16-32(17-25(23)24)15-18-9-11-20(12-10-18)19-5-2-1-3-6-19/h1-13,23-25H,14-17H2,(H,31,33). The van der Waals surface area contributed by atoms with Crippen LogP contribution >= 0.6 is 0 Å². The predicted octanol–water partition coefficient (Wildman–Crippen LogP) is 5.36. The molecular formula is C27H25F3N2O2. The zero-order chi connectivity index (χ0) is 23.7. The Kier molecular flexibility index (Phi) is 6.04. The highest BCUT2D eigenvalue weighted by Crippen LogP contribution is 2.51. The van der Waals surface area contributed by atoms with Crippen LogP contribution in [0.4, 0.5) is 13.2 Å². The third kappa shape index (κ3) is 5.25. The Morgan fingerprint density at radius 3 is 2.26 bits per heavy atom. The first-order valence-electron chi connectivity index (χ1n) is 11.4. The smallest absolute Gasteiger partial charge is 0.406 e. The van der Waals surface area contributed by atoms with E-state index in [9.17, 15) is 18.0 Å². The lowest BCUT2D eigenvalue weighted by Crippen LogP contribution is -2.30. The van der Waals surface area contributed by atoms with E-state index in [1.165, 1.54) is 34.9 Å². The molecule has 1 aliphatic heterocycles. The topological polar surface area (TPSA) is 41.6 Å². The molecular weight excluding hydrogens is 441 g/mol. The number of likely N-dealkylation sites (tertiary alicyclic amines) is 1. The van der Waals surface area contributed by atoms with Gasteiger partial charge in [-0.2, -0.15) is 0 Å². The van der Waals surface area contributed by atoms with Crippen molar-refractivity contribution in [2.45, 2.75) is 12.9 Å². The number of carbonyl (C=O) groups is 1. The summed E-state index contributed by atoms with van der Waals surface area (Å²) in [5.74, 6) is 0.770. The van der Waals surface area contributed by atoms with Crippen LogP contribution in [0.25, 0.3) is 11.1 Å². The molecule has 1 saturated carbocycles. The summed E-state index contributed by atoms with van der Waals surface area (Å²) in [4.78, 5) is 14.8. The van der Waals surface area contributed by atoms with Crippen molar-refractivity contribution in [1.82, 2.24) is 10.2 Å². The van der Waals surface area contributed by atoms with E-state index in [2.05, 4.69) is 51.4 Å². The highest BCUT2D eigenvalue weighted by molar-refractivity contribution is 5.94. The number of fused-ring (bicyclic) bond motifs is 1. The molecule has 1 N–H and O–H groups in total. The molecule has 1 amide bonds. The number of halogens is 3. The maximum Gasteiger partial charge on any atom is 0.573 e. The molecule has 7 heteroatoms. The van der Waals surface area contributed by atoms with Crippen molar-refractivity contribution >= 4 is 5.91 Å². The monoisotopic (exact) mass is 466 g/mol. The van der Waals surface area contributed by atoms with Crippen molar-refractivity contribution in [3.63, 3.8) is 0 Å². The zero-order valence-electron chi connectivity index (χ0n) is 18.5. The fourth-order valence-electron chi connectivity index (χ4n) is 5.01. The number of nitrogens with zero attached hydrogens (tertiary/aromatic N) is 1. The molecule has 0 aromatic heterocycles. The second-order valence-corrected chi connectivity index (χ2v) is 9.03. The van der Waals surface area contributed by atoms with Crippen LogP contribution in [0.1, 0.15) is 15.9 Å². The average Bonchev–Trinajstić information content (AvgIpc) is 3.28. The Morgan fingerprint density at radius 2 is 1.59 bits per heavy atom. The number of nitrogens with one attached hydrogen (secondary N) is 1. The minimum Gasteiger partial charge on any atom is -0.406 e. The number of rotatable bonds is 7. The van der Waals surface area contributed by atoms with Crippen LogP contribution in [-0.4, -0.2) is 36.8 Å². The van der Waals surface area contributed by atoms with Gasteiger partial charge in [-0.1, -0.05) is 60.7 Å². The molecule has 0 radical (unpaired) electrons. The summed E-state index contributed by atoms with van der Waals surface area (Å²) in [6.45, 7) is 3.45. The second-order valence-electron chi connectivity index (χ2n) is 9.03. The van der Waals surface area contributed by atoms with Gasteiger partial charge in [-0.15, -0.1) is 13.2 Å². The van der Waals surface area contributed by atoms with Crippen LogP contribution in [0, 0.1) is 17.8 Å². The van der Waals surface area contributed by atoms with Crippen molar-refractivity contribution in [2.24, 2.45) is 17.8 Å². The van der Waals surface area contributed by atoms with Gasteiger partial charge < -0.3 is 10.1 Å². The van der Waals surface area contributed by atoms with Crippen LogP contribution in [0.3, 0.4) is 0 Å². The van der Waals surface area contributed by atoms with Crippen LogP contribution in [-0.2, 0) is 6.54 Å². The zero-order valence-corrected chi connectivity index (χ0v) is 18.5. The normalized spacial score (nSPS) is 21.7. The summed E-state index contributed by atoms with van der Waals surface area (Å²) in [6, 6.07) is 24.1. The lowest BCUT2D eigenvalue weighted by Gasteiger charge is -2.20. The summed E-state index contributed by atoms with van der Waals surface area (Å²) in [6.07, 6.45) is -4.78. The van der Waals surface area contributed by atoms with Gasteiger partial charge in [-0.25, -0.2) is 0 Å². The van der Waals surface area contributed by atoms with E-state index in [4.69, 9.17) is 0 Å². The average molecular weight is 467 g/mol. The Hall–Kier alpha value is -3.32. The molecule has 1 heterocycles. The van der Waals surface area contributed by atoms with Crippen LogP contribution in [0.5, 0.6) is 5.75 Å². The lowest BCUT2D eigenvalue weighted by atomic mass is 10.0. The molecule has 4 nitrogen and oxygen atoms in total. The van der Waals surface area contributed by atoms with Gasteiger partial charge >= 0.3 is 6.36 Å². The molecule has 5 rings (SSSR count). The van der Waals surface area contributed by atoms with E-state index in [1.54, 1.807) is 0 Å². The predicted molar refractivity (Wildman–Crippen MR) is 123 cm³/mol. The molecule has 2 atom stereocenters. The van der Waals surface area contributed by atoms with Gasteiger partial charge in [0.15, 0.2) is 0 Å². The third-order valence-electron chi connectivity index (χ3n) is 6.74. The molecule has 176 valence electrons. The van der Waals surface area contributed by atoms with E-state index in [1.807, 2.05) is 18.2 Å². The highest BCUT2D eigenvalue weighted by atomic mass is 19.4. The Morgan fingerprint density at radius 1 is 0.912 bits per heavy atom. The van der Waals surface area contributed by atoms with Gasteiger partial charge in [-0.3, -0.25) is 9.69 Å². The fourth-order valence-corrected chi connectivity index (χ4v) is 5.01. The molecule has 2 aliphatic rings. The lowest BCUT2D eigenvalue weighted by molar-refractivity contribution is -0.274. The SMILES string of the molecule is O=C(NCC1C2CN(Cc3ccc(-c4ccccc4)cc3)CC12)c1cccc(OC(F)(F)F)c1. The fraction of sp³-hybridized carbons (Fsp3) is 0.296. The van der Waals surface area contributed by atoms with Crippen molar-refractivity contribution < 1.29 is 22.7 Å². The first-order valence-corrected chi connectivity index (χ1v) is 11.4. The summed E-state index contributed by atoms with van der Waals surface area (Å²) in [5.41, 5.74) is 3.86. The van der Waals surface area contributed by atoms with Crippen LogP contribution < -0.4 is 10.1 Å². The largest absolute Gasteiger partial charge is 0.573 e. The number of carbonyl (C=O) groups excluding carboxylic acids is 1. The number of ether oxygens (including phenoxy) is 1. The second kappa shape index (κ2) is 9.14. The van der Waals surface area contributed by atoms with Crippen molar-refractivity contribution in [3.05, 3.63) is 90.0 Å². The Balaban J connectivity index is 1.08. The summed E-state index contributed by atoms with van der Waals surface area (Å²) < 4.78 is 41.1. The van der Waals surface area contributed by atoms with Gasteiger partial charge in [0.25, 0.3) is 5.91 Å². The molecule has 0 spiro atoms. The van der Waals surface area contributed by atoms with E-state index in [0.717, 1.165) is 25.7 Å². The molecule has 2 fully saturated rings. The van der Waals surface area contributed by atoms with Crippen molar-refractivity contribution in [2.75, 3.05) is 19.6 Å². The Bertz CT molecular complexity index is 1140. The molecule has 1 saturated heterocycles. The van der Waals surface area contributed by atoms with E-state index >= 15 is 0 Å². The Labute approximate surface area is 196 Å². The van der Waals surface area contributed by atoms with Gasteiger partial charge in [0.2, 0.25) is 0 Å². The number of alkyl halides is 3. The summed E-state index contributed by atoms with van der Waals surface area (Å²) in [5, 5.41) is 2.87. The van der Waals surface area contributed by atoms with Crippen molar-refractivity contribution in [1.29, 1.82) is 0 Å². The van der Waals surface area contributed by atoms with Gasteiger partial charge in [-0.05, 0) is 52.6 Å². The molecule has 1 aliphatic carbocycles. The van der Waals surface area contributed by atoms with E-state index < -0.39 is 12.1 Å². The summed E-state index contributed by atoms with van der Waals surface area (Å²) in [7, 11) is 0. The number of benzene rings is 3. The van der Waals surface area contributed by atoms with Gasteiger partial charge in [0.1, 0.15) is 5.75 Å². The van der Waals surface area contributed by atoms with E-state index in [0.29, 0.717) is 24.3 Å². The number of hydrogen-bond donors (Lipinski definition) is 1. The van der Waals surface area contributed by atoms with Gasteiger partial charge in [0.05, 0.1) is 0 Å². The molecule has 3 aromatic rings. The van der Waals surface area contributed by atoms with Gasteiger partial charge in [0, 0.05) is 31.7 Å². The van der Waals surface area contributed by atoms with Crippen LogP contribution in [0.2, 0.25) is 0 Å². The van der Waals surface area contributed by atoms with Crippen LogP contribution in [0.15, 0.2) is 78.9 Å². The quantitative estimate of drug-likeness (QED) is 0.510. The maximum absolute atomic E-state index is 12.4. The van der Waals surface area contributed by atoms with E-state index in [-0.39, 0.29) is 11.5 Å². The third-order valence-corrected chi connectivity index (χ3v) is 6.74. The minimum atomic E-state index is -4.78. The number of piperidine rings is 1. The maximum atomic E-state index is 12.4. The molecule has 34 heavy (non-hydrogen) atoms. The molecule has 3 aromatic carbocycles. The first kappa shape index (κ1) is 22.5. The highest BCUT2D eigenvalue weighted by Gasteiger charge is 2.55. The number of hydrogen-bond acceptors (Lipinski definition) is 3. The number of amides is 1. The summed E-state index contributed by atoms with van der Waals surface area (Å²) >= 11 is 0. The minimum absolute atomic E-state index is 0.160.